The van der Waals surface area contributed by atoms with Crippen LogP contribution in [0, 0.1) is 5.41 Å². The zero-order valence-electron chi connectivity index (χ0n) is 12.1. The predicted octanol–water partition coefficient (Wildman–Crippen LogP) is 1.63. The Bertz CT molecular complexity index is 173. The number of likely N-dealkylation sites (N-methyl/N-ethyl adjacent to an activating group) is 1. The summed E-state index contributed by atoms with van der Waals surface area (Å²) in [5.74, 6) is 0. The van der Waals surface area contributed by atoms with Gasteiger partial charge in [0.2, 0.25) is 0 Å². The van der Waals surface area contributed by atoms with Crippen LogP contribution in [0.1, 0.15) is 34.1 Å². The molecule has 0 aliphatic carbocycles. The van der Waals surface area contributed by atoms with E-state index in [1.165, 1.54) is 6.42 Å². The Hall–Kier alpha value is -0.120. The van der Waals surface area contributed by atoms with Gasteiger partial charge in [0.25, 0.3) is 0 Å². The summed E-state index contributed by atoms with van der Waals surface area (Å²) < 4.78 is 0. The summed E-state index contributed by atoms with van der Waals surface area (Å²) in [4.78, 5) is 4.76. The molecule has 3 heteroatoms. The molecule has 0 aromatic heterocycles. The average molecular weight is 229 g/mol. The van der Waals surface area contributed by atoms with E-state index in [4.69, 9.17) is 5.73 Å². The predicted molar refractivity (Wildman–Crippen MR) is 72.7 cm³/mol. The van der Waals surface area contributed by atoms with E-state index in [9.17, 15) is 0 Å². The molecule has 0 aliphatic heterocycles. The van der Waals surface area contributed by atoms with E-state index in [0.29, 0.717) is 6.04 Å². The molecule has 0 fully saturated rings. The molecule has 1 atom stereocenters. The summed E-state index contributed by atoms with van der Waals surface area (Å²) >= 11 is 0. The number of rotatable bonds is 7. The SMILES string of the molecule is CCN(CCCN(C)C)C(CN)C(C)(C)C. The van der Waals surface area contributed by atoms with Crippen LogP contribution in [0.15, 0.2) is 0 Å². The summed E-state index contributed by atoms with van der Waals surface area (Å²) in [6.07, 6.45) is 1.22. The highest BCUT2D eigenvalue weighted by Gasteiger charge is 2.27. The molecule has 0 saturated carbocycles. The van der Waals surface area contributed by atoms with Gasteiger partial charge >= 0.3 is 0 Å². The maximum absolute atomic E-state index is 5.91. The van der Waals surface area contributed by atoms with Gasteiger partial charge in [0.15, 0.2) is 0 Å². The van der Waals surface area contributed by atoms with Crippen molar-refractivity contribution in [2.75, 3.05) is 40.3 Å². The second kappa shape index (κ2) is 7.25. The smallest absolute Gasteiger partial charge is 0.0266 e. The van der Waals surface area contributed by atoms with E-state index >= 15 is 0 Å². The van der Waals surface area contributed by atoms with Crippen molar-refractivity contribution in [2.24, 2.45) is 11.1 Å². The first-order chi connectivity index (χ1) is 7.32. The lowest BCUT2D eigenvalue weighted by atomic mass is 9.85. The Balaban J connectivity index is 4.23. The third kappa shape index (κ3) is 5.83. The largest absolute Gasteiger partial charge is 0.329 e. The molecule has 0 saturated heterocycles. The third-order valence-corrected chi connectivity index (χ3v) is 3.12. The molecule has 0 aromatic rings. The quantitative estimate of drug-likeness (QED) is 0.720. The van der Waals surface area contributed by atoms with E-state index in [1.807, 2.05) is 0 Å². The summed E-state index contributed by atoms with van der Waals surface area (Å²) in [7, 11) is 4.25. The topological polar surface area (TPSA) is 32.5 Å². The Labute approximate surface area is 102 Å². The molecule has 98 valence electrons. The van der Waals surface area contributed by atoms with Crippen molar-refractivity contribution < 1.29 is 0 Å². The van der Waals surface area contributed by atoms with Crippen LogP contribution in [0.3, 0.4) is 0 Å². The van der Waals surface area contributed by atoms with E-state index in [2.05, 4.69) is 51.6 Å². The van der Waals surface area contributed by atoms with E-state index in [-0.39, 0.29) is 5.41 Å². The molecule has 16 heavy (non-hydrogen) atoms. The molecule has 1 unspecified atom stereocenters. The van der Waals surface area contributed by atoms with Crippen LogP contribution in [0.2, 0.25) is 0 Å². The van der Waals surface area contributed by atoms with Crippen LogP contribution in [0.4, 0.5) is 0 Å². The van der Waals surface area contributed by atoms with Crippen molar-refractivity contribution in [3.05, 3.63) is 0 Å². The second-order valence-electron chi connectivity index (χ2n) is 5.90. The van der Waals surface area contributed by atoms with Gasteiger partial charge in [-0.15, -0.1) is 0 Å². The zero-order valence-corrected chi connectivity index (χ0v) is 12.1. The Morgan fingerprint density at radius 1 is 1.12 bits per heavy atom. The van der Waals surface area contributed by atoms with Gasteiger partial charge in [-0.3, -0.25) is 4.90 Å². The maximum Gasteiger partial charge on any atom is 0.0266 e. The summed E-state index contributed by atoms with van der Waals surface area (Å²) in [5.41, 5.74) is 6.18. The summed E-state index contributed by atoms with van der Waals surface area (Å²) in [5, 5.41) is 0. The minimum absolute atomic E-state index is 0.267. The fraction of sp³-hybridized carbons (Fsp3) is 1.00. The van der Waals surface area contributed by atoms with Crippen molar-refractivity contribution in [2.45, 2.75) is 40.2 Å². The Morgan fingerprint density at radius 3 is 2.00 bits per heavy atom. The Kier molecular flexibility index (Phi) is 7.20. The molecule has 0 heterocycles. The van der Waals surface area contributed by atoms with Crippen molar-refractivity contribution in [3.8, 4) is 0 Å². The fourth-order valence-electron chi connectivity index (χ4n) is 2.17. The molecule has 0 aromatic carbocycles. The van der Waals surface area contributed by atoms with E-state index < -0.39 is 0 Å². The zero-order chi connectivity index (χ0) is 12.8. The number of hydrogen-bond donors (Lipinski definition) is 1. The normalized spacial score (nSPS) is 14.8. The monoisotopic (exact) mass is 229 g/mol. The highest BCUT2D eigenvalue weighted by atomic mass is 15.2. The third-order valence-electron chi connectivity index (χ3n) is 3.12. The van der Waals surface area contributed by atoms with Crippen molar-refractivity contribution in [1.82, 2.24) is 9.80 Å². The lowest BCUT2D eigenvalue weighted by molar-refractivity contribution is 0.106. The van der Waals surface area contributed by atoms with Crippen LogP contribution < -0.4 is 5.73 Å². The minimum Gasteiger partial charge on any atom is -0.329 e. The highest BCUT2D eigenvalue weighted by Crippen LogP contribution is 2.23. The average Bonchev–Trinajstić information content (AvgIpc) is 2.13. The van der Waals surface area contributed by atoms with Gasteiger partial charge in [-0.05, 0) is 45.6 Å². The van der Waals surface area contributed by atoms with Crippen LogP contribution in [-0.4, -0.2) is 56.1 Å². The van der Waals surface area contributed by atoms with Crippen molar-refractivity contribution in [3.63, 3.8) is 0 Å². The van der Waals surface area contributed by atoms with E-state index in [0.717, 1.165) is 26.2 Å². The van der Waals surface area contributed by atoms with Crippen LogP contribution in [-0.2, 0) is 0 Å². The lowest BCUT2D eigenvalue weighted by Gasteiger charge is -2.39. The lowest BCUT2D eigenvalue weighted by Crippen LogP contribution is -2.49. The first-order valence-electron chi connectivity index (χ1n) is 6.41. The van der Waals surface area contributed by atoms with Gasteiger partial charge in [0.1, 0.15) is 0 Å². The molecule has 3 nitrogen and oxygen atoms in total. The van der Waals surface area contributed by atoms with Crippen molar-refractivity contribution >= 4 is 0 Å². The minimum atomic E-state index is 0.267. The van der Waals surface area contributed by atoms with Crippen molar-refractivity contribution in [1.29, 1.82) is 0 Å². The molecule has 2 N–H and O–H groups in total. The van der Waals surface area contributed by atoms with Crippen LogP contribution >= 0.6 is 0 Å². The molecule has 0 bridgehead atoms. The molecule has 0 aliphatic rings. The van der Waals surface area contributed by atoms with Crippen LogP contribution in [0.5, 0.6) is 0 Å². The Morgan fingerprint density at radius 2 is 1.69 bits per heavy atom. The van der Waals surface area contributed by atoms with Crippen LogP contribution in [0.25, 0.3) is 0 Å². The number of nitrogens with two attached hydrogens (primary N) is 1. The molecule has 0 radical (unpaired) electrons. The van der Waals surface area contributed by atoms with Gasteiger partial charge in [0.05, 0.1) is 0 Å². The van der Waals surface area contributed by atoms with E-state index in [1.54, 1.807) is 0 Å². The molecule has 0 amide bonds. The van der Waals surface area contributed by atoms with Gasteiger partial charge in [-0.2, -0.15) is 0 Å². The van der Waals surface area contributed by atoms with Gasteiger partial charge in [-0.1, -0.05) is 27.7 Å². The van der Waals surface area contributed by atoms with Gasteiger partial charge in [-0.25, -0.2) is 0 Å². The van der Waals surface area contributed by atoms with Gasteiger partial charge in [0, 0.05) is 12.6 Å². The second-order valence-corrected chi connectivity index (χ2v) is 5.90. The summed E-state index contributed by atoms with van der Waals surface area (Å²) in [6, 6.07) is 0.486. The first-order valence-corrected chi connectivity index (χ1v) is 6.41. The standard InChI is InChI=1S/C13H31N3/c1-7-16(10-8-9-15(5)6)12(11-14)13(2,3)4/h12H,7-11,14H2,1-6H3. The molecule has 0 spiro atoms. The maximum atomic E-state index is 5.91. The molecular weight excluding hydrogens is 198 g/mol. The molecular formula is C13H31N3. The fourth-order valence-corrected chi connectivity index (χ4v) is 2.17. The number of hydrogen-bond acceptors (Lipinski definition) is 3. The first kappa shape index (κ1) is 15.9. The summed E-state index contributed by atoms with van der Waals surface area (Å²) in [6.45, 7) is 13.2. The van der Waals surface area contributed by atoms with Gasteiger partial charge < -0.3 is 10.6 Å². The number of nitrogens with zero attached hydrogens (tertiary/aromatic N) is 2. The highest BCUT2D eigenvalue weighted by molar-refractivity contribution is 4.83. The molecule has 0 rings (SSSR count).